The van der Waals surface area contributed by atoms with Gasteiger partial charge in [0.1, 0.15) is 11.5 Å². The molecule has 1 aliphatic rings. The second kappa shape index (κ2) is 3.89. The van der Waals surface area contributed by atoms with Crippen LogP contribution in [0.1, 0.15) is 31.4 Å². The van der Waals surface area contributed by atoms with Crippen molar-refractivity contribution in [3.8, 4) is 0 Å². The first-order chi connectivity index (χ1) is 7.07. The van der Waals surface area contributed by atoms with E-state index in [1.54, 1.807) is 19.1 Å². The highest BCUT2D eigenvalue weighted by molar-refractivity contribution is 5.20. The molecule has 0 bridgehead atoms. The van der Waals surface area contributed by atoms with Crippen LogP contribution in [-0.2, 0) is 0 Å². The molecule has 2 rings (SSSR count). The summed E-state index contributed by atoms with van der Waals surface area (Å²) in [7, 11) is 0. The van der Waals surface area contributed by atoms with Crippen LogP contribution in [0.3, 0.4) is 0 Å². The quantitative estimate of drug-likeness (QED) is 0.753. The number of hydrogen-bond donors (Lipinski definition) is 1. The molecule has 2 atom stereocenters. The summed E-state index contributed by atoms with van der Waals surface area (Å²) in [5.41, 5.74) is -0.0665. The lowest BCUT2D eigenvalue weighted by Crippen LogP contribution is -2.41. The average Bonchev–Trinajstić information content (AvgIpc) is 2.20. The van der Waals surface area contributed by atoms with Crippen molar-refractivity contribution in [1.29, 1.82) is 0 Å². The highest BCUT2D eigenvalue weighted by Crippen LogP contribution is 2.30. The van der Waals surface area contributed by atoms with E-state index in [1.807, 2.05) is 0 Å². The molecular weight excluding hydrogens is 196 g/mol. The fourth-order valence-electron chi connectivity index (χ4n) is 1.95. The number of piperidine rings is 1. The van der Waals surface area contributed by atoms with Crippen LogP contribution in [0, 0.1) is 5.82 Å². The molecule has 1 aromatic carbocycles. The summed E-state index contributed by atoms with van der Waals surface area (Å²) in [5, 5.41) is 3.15. The second-order valence-corrected chi connectivity index (χ2v) is 4.44. The predicted molar refractivity (Wildman–Crippen MR) is 55.9 cm³/mol. The van der Waals surface area contributed by atoms with Crippen LogP contribution in [0.2, 0.25) is 0 Å². The van der Waals surface area contributed by atoms with E-state index in [2.05, 4.69) is 5.32 Å². The first-order valence-electron chi connectivity index (χ1n) is 5.25. The SMILES string of the molecule is CC1(F)CCC(c2ccc(F)cc2)NC1. The van der Waals surface area contributed by atoms with Crippen LogP contribution < -0.4 is 5.32 Å². The Hall–Kier alpha value is -0.960. The minimum atomic E-state index is -1.10. The van der Waals surface area contributed by atoms with E-state index in [4.69, 9.17) is 0 Å². The highest BCUT2D eigenvalue weighted by Gasteiger charge is 2.30. The number of halogens is 2. The summed E-state index contributed by atoms with van der Waals surface area (Å²) < 4.78 is 26.2. The standard InChI is InChI=1S/C12H15F2N/c1-12(14)7-6-11(15-8-12)9-2-4-10(13)5-3-9/h2-5,11,15H,6-8H2,1H3. The molecule has 1 aliphatic heterocycles. The molecule has 0 amide bonds. The first-order valence-corrected chi connectivity index (χ1v) is 5.25. The largest absolute Gasteiger partial charge is 0.307 e. The minimum Gasteiger partial charge on any atom is -0.307 e. The molecule has 0 radical (unpaired) electrons. The van der Waals surface area contributed by atoms with Gasteiger partial charge in [-0.3, -0.25) is 0 Å². The Balaban J connectivity index is 2.04. The molecule has 0 aliphatic carbocycles. The Labute approximate surface area is 88.5 Å². The number of benzene rings is 1. The normalized spacial score (nSPS) is 31.5. The molecule has 15 heavy (non-hydrogen) atoms. The highest BCUT2D eigenvalue weighted by atomic mass is 19.1. The van der Waals surface area contributed by atoms with Crippen molar-refractivity contribution in [2.24, 2.45) is 0 Å². The molecule has 0 saturated carbocycles. The Morgan fingerprint density at radius 1 is 1.33 bits per heavy atom. The van der Waals surface area contributed by atoms with Gasteiger partial charge >= 0.3 is 0 Å². The van der Waals surface area contributed by atoms with Gasteiger partial charge in [-0.25, -0.2) is 8.78 Å². The van der Waals surface area contributed by atoms with E-state index in [0.717, 1.165) is 12.0 Å². The van der Waals surface area contributed by atoms with Gasteiger partial charge in [0.2, 0.25) is 0 Å². The molecule has 0 spiro atoms. The second-order valence-electron chi connectivity index (χ2n) is 4.44. The van der Waals surface area contributed by atoms with E-state index in [1.165, 1.54) is 12.1 Å². The summed E-state index contributed by atoms with van der Waals surface area (Å²) >= 11 is 0. The van der Waals surface area contributed by atoms with E-state index < -0.39 is 5.67 Å². The van der Waals surface area contributed by atoms with Gasteiger partial charge < -0.3 is 5.32 Å². The lowest BCUT2D eigenvalue weighted by atomic mass is 9.90. The van der Waals surface area contributed by atoms with Gasteiger partial charge in [-0.1, -0.05) is 12.1 Å². The van der Waals surface area contributed by atoms with Gasteiger partial charge in [0.25, 0.3) is 0 Å². The molecule has 1 N–H and O–H groups in total. The summed E-state index contributed by atoms with van der Waals surface area (Å²) in [6, 6.07) is 6.57. The molecule has 1 aromatic rings. The van der Waals surface area contributed by atoms with Gasteiger partial charge in [-0.05, 0) is 37.5 Å². The van der Waals surface area contributed by atoms with Gasteiger partial charge in [0.05, 0.1) is 0 Å². The zero-order valence-electron chi connectivity index (χ0n) is 8.76. The molecular formula is C12H15F2N. The third-order valence-corrected chi connectivity index (χ3v) is 2.94. The Bertz CT molecular complexity index is 322. The molecule has 1 nitrogen and oxygen atoms in total. The van der Waals surface area contributed by atoms with Crippen molar-refractivity contribution in [2.75, 3.05) is 6.54 Å². The molecule has 0 aromatic heterocycles. The van der Waals surface area contributed by atoms with Gasteiger partial charge in [0.15, 0.2) is 0 Å². The summed E-state index contributed by atoms with van der Waals surface area (Å²) in [5.74, 6) is -0.232. The van der Waals surface area contributed by atoms with Crippen molar-refractivity contribution in [3.63, 3.8) is 0 Å². The lowest BCUT2D eigenvalue weighted by molar-refractivity contribution is 0.125. The number of alkyl halides is 1. The molecule has 3 heteroatoms. The van der Waals surface area contributed by atoms with Crippen molar-refractivity contribution < 1.29 is 8.78 Å². The van der Waals surface area contributed by atoms with Crippen LogP contribution in [0.25, 0.3) is 0 Å². The fraction of sp³-hybridized carbons (Fsp3) is 0.500. The minimum absolute atomic E-state index is 0.162. The smallest absolute Gasteiger partial charge is 0.123 e. The van der Waals surface area contributed by atoms with Crippen LogP contribution in [-0.4, -0.2) is 12.2 Å². The van der Waals surface area contributed by atoms with Crippen molar-refractivity contribution >= 4 is 0 Å². The predicted octanol–water partition coefficient (Wildman–Crippen LogP) is 2.98. The Morgan fingerprint density at radius 3 is 2.53 bits per heavy atom. The van der Waals surface area contributed by atoms with E-state index >= 15 is 0 Å². The molecule has 82 valence electrons. The van der Waals surface area contributed by atoms with Gasteiger partial charge in [-0.2, -0.15) is 0 Å². The first kappa shape index (κ1) is 10.6. The molecule has 1 fully saturated rings. The summed E-state index contributed by atoms with van der Waals surface area (Å²) in [4.78, 5) is 0. The zero-order valence-corrected chi connectivity index (χ0v) is 8.76. The maximum absolute atomic E-state index is 13.5. The van der Waals surface area contributed by atoms with E-state index in [9.17, 15) is 8.78 Å². The van der Waals surface area contributed by atoms with E-state index in [-0.39, 0.29) is 11.9 Å². The molecule has 1 heterocycles. The Morgan fingerprint density at radius 2 is 2.00 bits per heavy atom. The third-order valence-electron chi connectivity index (χ3n) is 2.94. The lowest BCUT2D eigenvalue weighted by Gasteiger charge is -2.32. The van der Waals surface area contributed by atoms with Crippen molar-refractivity contribution in [1.82, 2.24) is 5.32 Å². The number of nitrogens with one attached hydrogen (secondary N) is 1. The van der Waals surface area contributed by atoms with E-state index in [0.29, 0.717) is 13.0 Å². The summed E-state index contributed by atoms with van der Waals surface area (Å²) in [6.45, 7) is 1.98. The average molecular weight is 211 g/mol. The van der Waals surface area contributed by atoms with Crippen LogP contribution in [0.15, 0.2) is 24.3 Å². The molecule has 2 unspecified atom stereocenters. The van der Waals surface area contributed by atoms with Gasteiger partial charge in [-0.15, -0.1) is 0 Å². The topological polar surface area (TPSA) is 12.0 Å². The van der Waals surface area contributed by atoms with Gasteiger partial charge in [0, 0.05) is 12.6 Å². The van der Waals surface area contributed by atoms with Crippen LogP contribution in [0.4, 0.5) is 8.78 Å². The van der Waals surface area contributed by atoms with Crippen molar-refractivity contribution in [3.05, 3.63) is 35.6 Å². The number of rotatable bonds is 1. The van der Waals surface area contributed by atoms with Crippen LogP contribution in [0.5, 0.6) is 0 Å². The van der Waals surface area contributed by atoms with Crippen molar-refractivity contribution in [2.45, 2.75) is 31.5 Å². The molecule has 1 saturated heterocycles. The third kappa shape index (κ3) is 2.53. The fourth-order valence-corrected chi connectivity index (χ4v) is 1.95. The zero-order chi connectivity index (χ0) is 10.9. The maximum atomic E-state index is 13.5. The maximum Gasteiger partial charge on any atom is 0.123 e. The number of hydrogen-bond acceptors (Lipinski definition) is 1. The summed E-state index contributed by atoms with van der Waals surface area (Å²) in [6.07, 6.45) is 1.32. The van der Waals surface area contributed by atoms with Crippen LogP contribution >= 0.6 is 0 Å². The monoisotopic (exact) mass is 211 g/mol. The Kier molecular flexibility index (Phi) is 2.74.